The van der Waals surface area contributed by atoms with Crippen LogP contribution in [0, 0.1) is 23.7 Å². The fourth-order valence-corrected chi connectivity index (χ4v) is 2.59. The third kappa shape index (κ3) is 3.77. The monoisotopic (exact) mass is 302 g/mol. The number of aliphatic carboxylic acids is 3. The van der Waals surface area contributed by atoms with Crippen molar-refractivity contribution in [3.8, 4) is 0 Å². The van der Waals surface area contributed by atoms with Crippen molar-refractivity contribution in [3.05, 3.63) is 0 Å². The summed E-state index contributed by atoms with van der Waals surface area (Å²) in [7, 11) is 0. The lowest BCUT2D eigenvalue weighted by atomic mass is 9.83. The van der Waals surface area contributed by atoms with Gasteiger partial charge in [0.1, 0.15) is 0 Å². The Morgan fingerprint density at radius 3 is 1.95 bits per heavy atom. The number of rotatable bonds is 5. The van der Waals surface area contributed by atoms with Crippen molar-refractivity contribution >= 4 is 29.8 Å². The van der Waals surface area contributed by atoms with Gasteiger partial charge >= 0.3 is 29.8 Å². The van der Waals surface area contributed by atoms with E-state index in [0.29, 0.717) is 0 Å². The Kier molecular flexibility index (Phi) is 5.01. The van der Waals surface area contributed by atoms with Crippen LogP contribution in [0.5, 0.6) is 0 Å². The van der Waals surface area contributed by atoms with Gasteiger partial charge in [-0.15, -0.1) is 0 Å². The molecule has 0 saturated heterocycles. The molecule has 0 aromatic carbocycles. The van der Waals surface area contributed by atoms with Gasteiger partial charge in [-0.05, 0) is 18.8 Å². The van der Waals surface area contributed by atoms with E-state index in [-0.39, 0.29) is 12.8 Å². The topological polar surface area (TPSA) is 155 Å². The van der Waals surface area contributed by atoms with Crippen molar-refractivity contribution in [3.63, 3.8) is 0 Å². The number of esters is 2. The molecule has 116 valence electrons. The Labute approximate surface area is 118 Å². The lowest BCUT2D eigenvalue weighted by Crippen LogP contribution is -2.37. The van der Waals surface area contributed by atoms with Gasteiger partial charge in [0.2, 0.25) is 0 Å². The molecular weight excluding hydrogens is 288 g/mol. The van der Waals surface area contributed by atoms with Crippen molar-refractivity contribution in [1.29, 1.82) is 0 Å². The van der Waals surface area contributed by atoms with Crippen LogP contribution in [-0.4, -0.2) is 45.2 Å². The first-order valence-electron chi connectivity index (χ1n) is 6.05. The van der Waals surface area contributed by atoms with Crippen LogP contribution in [0.25, 0.3) is 0 Å². The highest BCUT2D eigenvalue weighted by atomic mass is 16.6. The predicted molar refractivity (Wildman–Crippen MR) is 62.9 cm³/mol. The fraction of sp³-hybridized carbons (Fsp3) is 0.583. The Bertz CT molecular complexity index is 495. The summed E-state index contributed by atoms with van der Waals surface area (Å²) < 4.78 is 4.21. The van der Waals surface area contributed by atoms with Gasteiger partial charge in [0, 0.05) is 6.92 Å². The molecule has 21 heavy (non-hydrogen) atoms. The predicted octanol–water partition coefficient (Wildman–Crippen LogP) is -0.412. The molecule has 1 fully saturated rings. The third-order valence-corrected chi connectivity index (χ3v) is 3.47. The van der Waals surface area contributed by atoms with E-state index in [0.717, 1.165) is 6.92 Å². The van der Waals surface area contributed by atoms with E-state index in [1.807, 2.05) is 0 Å². The molecular formula is C12H14O9. The van der Waals surface area contributed by atoms with Gasteiger partial charge in [-0.1, -0.05) is 0 Å². The SMILES string of the molecule is CC(=O)OC(=O)C(C(=O)O)C1CC(C(=O)O)CC1C(=O)O. The summed E-state index contributed by atoms with van der Waals surface area (Å²) in [6, 6.07) is 0. The van der Waals surface area contributed by atoms with Crippen molar-refractivity contribution in [2.24, 2.45) is 23.7 Å². The second-order valence-corrected chi connectivity index (χ2v) is 4.84. The molecule has 3 N–H and O–H groups in total. The molecule has 1 rings (SSSR count). The van der Waals surface area contributed by atoms with Crippen LogP contribution < -0.4 is 0 Å². The van der Waals surface area contributed by atoms with Crippen LogP contribution in [0.4, 0.5) is 0 Å². The molecule has 0 aromatic rings. The normalized spacial score (nSPS) is 25.9. The van der Waals surface area contributed by atoms with E-state index in [1.165, 1.54) is 0 Å². The zero-order valence-corrected chi connectivity index (χ0v) is 11.0. The molecule has 0 heterocycles. The molecule has 4 atom stereocenters. The molecule has 0 bridgehead atoms. The van der Waals surface area contributed by atoms with Crippen LogP contribution in [0.15, 0.2) is 0 Å². The van der Waals surface area contributed by atoms with Crippen LogP contribution in [-0.2, 0) is 28.7 Å². The average Bonchev–Trinajstić information content (AvgIpc) is 2.72. The Balaban J connectivity index is 3.07. The van der Waals surface area contributed by atoms with Crippen LogP contribution in [0.2, 0.25) is 0 Å². The number of carboxylic acids is 3. The fourth-order valence-electron chi connectivity index (χ4n) is 2.59. The molecule has 0 amide bonds. The second-order valence-electron chi connectivity index (χ2n) is 4.84. The average molecular weight is 302 g/mol. The summed E-state index contributed by atoms with van der Waals surface area (Å²) in [5.41, 5.74) is 0. The largest absolute Gasteiger partial charge is 0.481 e. The van der Waals surface area contributed by atoms with Gasteiger partial charge in [-0.25, -0.2) is 0 Å². The second kappa shape index (κ2) is 6.33. The van der Waals surface area contributed by atoms with E-state index in [1.54, 1.807) is 0 Å². The molecule has 0 aromatic heterocycles. The van der Waals surface area contributed by atoms with Crippen molar-refractivity contribution < 1.29 is 44.0 Å². The van der Waals surface area contributed by atoms with E-state index < -0.39 is 53.5 Å². The number of carboxylic acid groups (broad SMARTS) is 3. The van der Waals surface area contributed by atoms with Gasteiger partial charge in [-0.2, -0.15) is 0 Å². The van der Waals surface area contributed by atoms with E-state index >= 15 is 0 Å². The number of carbonyl (C=O) groups excluding carboxylic acids is 2. The van der Waals surface area contributed by atoms with Gasteiger partial charge in [-0.3, -0.25) is 24.0 Å². The first-order valence-corrected chi connectivity index (χ1v) is 6.05. The molecule has 1 saturated carbocycles. The molecule has 0 spiro atoms. The van der Waals surface area contributed by atoms with Crippen LogP contribution in [0.3, 0.4) is 0 Å². The first-order chi connectivity index (χ1) is 9.65. The molecule has 9 nitrogen and oxygen atoms in total. The van der Waals surface area contributed by atoms with Crippen molar-refractivity contribution in [2.75, 3.05) is 0 Å². The van der Waals surface area contributed by atoms with Crippen molar-refractivity contribution in [2.45, 2.75) is 19.8 Å². The van der Waals surface area contributed by atoms with E-state index in [9.17, 15) is 24.0 Å². The third-order valence-electron chi connectivity index (χ3n) is 3.47. The van der Waals surface area contributed by atoms with Gasteiger partial charge in [0.15, 0.2) is 5.92 Å². The van der Waals surface area contributed by atoms with Crippen molar-refractivity contribution in [1.82, 2.24) is 0 Å². The molecule has 0 radical (unpaired) electrons. The van der Waals surface area contributed by atoms with E-state index in [4.69, 9.17) is 15.3 Å². The zero-order valence-electron chi connectivity index (χ0n) is 11.0. The smallest absolute Gasteiger partial charge is 0.328 e. The summed E-state index contributed by atoms with van der Waals surface area (Å²) >= 11 is 0. The first kappa shape index (κ1) is 16.6. The number of hydrogen-bond donors (Lipinski definition) is 3. The lowest BCUT2D eigenvalue weighted by Gasteiger charge is -2.21. The summed E-state index contributed by atoms with van der Waals surface area (Å²) in [5, 5.41) is 27.1. The van der Waals surface area contributed by atoms with Gasteiger partial charge < -0.3 is 20.1 Å². The molecule has 9 heteroatoms. The maximum Gasteiger partial charge on any atom is 0.328 e. The maximum atomic E-state index is 11.7. The summed E-state index contributed by atoms with van der Waals surface area (Å²) in [6.45, 7) is 0.903. The van der Waals surface area contributed by atoms with Crippen LogP contribution in [0.1, 0.15) is 19.8 Å². The minimum absolute atomic E-state index is 0.271. The highest BCUT2D eigenvalue weighted by Crippen LogP contribution is 2.41. The quantitative estimate of drug-likeness (QED) is 0.453. The number of ether oxygens (including phenoxy) is 1. The molecule has 1 aliphatic carbocycles. The number of hydrogen-bond acceptors (Lipinski definition) is 6. The maximum absolute atomic E-state index is 11.7. The Morgan fingerprint density at radius 2 is 1.57 bits per heavy atom. The standard InChI is InChI=1S/C12H14O9/c1-4(13)21-12(20)8(11(18)19)6-2-5(9(14)15)3-7(6)10(16)17/h5-8H,2-3H2,1H3,(H,14,15)(H,16,17)(H,18,19). The summed E-state index contributed by atoms with van der Waals surface area (Å²) in [5.74, 6) is -12.2. The van der Waals surface area contributed by atoms with Gasteiger partial charge in [0.05, 0.1) is 11.8 Å². The van der Waals surface area contributed by atoms with E-state index in [2.05, 4.69) is 4.74 Å². The minimum atomic E-state index is -1.89. The Hall–Kier alpha value is -2.45. The highest BCUT2D eigenvalue weighted by Gasteiger charge is 2.50. The summed E-state index contributed by atoms with van der Waals surface area (Å²) in [6.07, 6.45) is -0.553. The molecule has 4 unspecified atom stereocenters. The minimum Gasteiger partial charge on any atom is -0.481 e. The molecule has 0 aliphatic heterocycles. The highest BCUT2D eigenvalue weighted by molar-refractivity contribution is 5.99. The van der Waals surface area contributed by atoms with Crippen LogP contribution >= 0.6 is 0 Å². The Morgan fingerprint density at radius 1 is 1.00 bits per heavy atom. The van der Waals surface area contributed by atoms with Gasteiger partial charge in [0.25, 0.3) is 0 Å². The lowest BCUT2D eigenvalue weighted by molar-refractivity contribution is -0.168. The molecule has 1 aliphatic rings. The summed E-state index contributed by atoms with van der Waals surface area (Å²) in [4.78, 5) is 55.7. The number of carbonyl (C=O) groups is 5. The zero-order chi connectivity index (χ0) is 16.3.